The van der Waals surface area contributed by atoms with Crippen molar-refractivity contribution < 1.29 is 4.74 Å². The van der Waals surface area contributed by atoms with E-state index in [1.807, 2.05) is 30.5 Å². The Morgan fingerprint density at radius 2 is 2.46 bits per heavy atom. The summed E-state index contributed by atoms with van der Waals surface area (Å²) >= 11 is 0. The van der Waals surface area contributed by atoms with Crippen molar-refractivity contribution >= 4 is 5.70 Å². The third-order valence-corrected chi connectivity index (χ3v) is 1.75. The van der Waals surface area contributed by atoms with E-state index in [1.165, 1.54) is 0 Å². The third kappa shape index (κ3) is 1.37. The predicted octanol–water partition coefficient (Wildman–Crippen LogP) is 1.63. The van der Waals surface area contributed by atoms with Crippen LogP contribution in [0.2, 0.25) is 0 Å². The summed E-state index contributed by atoms with van der Waals surface area (Å²) in [6.07, 6.45) is 12.2. The van der Waals surface area contributed by atoms with Crippen molar-refractivity contribution in [2.75, 3.05) is 7.11 Å². The molecular formula is C10H9N2O+. The van der Waals surface area contributed by atoms with Gasteiger partial charge in [-0.05, 0) is 6.07 Å². The summed E-state index contributed by atoms with van der Waals surface area (Å²) in [5.41, 5.74) is 0.898. The zero-order chi connectivity index (χ0) is 9.10. The van der Waals surface area contributed by atoms with Gasteiger partial charge in [-0.15, -0.1) is 0 Å². The Labute approximate surface area is 76.6 Å². The summed E-state index contributed by atoms with van der Waals surface area (Å²) in [5, 5.41) is 4.11. The molecule has 0 saturated carbocycles. The molecule has 0 unspecified atom stereocenters. The largest absolute Gasteiger partial charge is 0.467 e. The number of allylic oxidation sites excluding steroid dienone is 5. The highest BCUT2D eigenvalue weighted by molar-refractivity contribution is 5.64. The van der Waals surface area contributed by atoms with E-state index in [0.29, 0.717) is 5.76 Å². The Morgan fingerprint density at radius 1 is 1.54 bits per heavy atom. The average molecular weight is 173 g/mol. The highest BCUT2D eigenvalue weighted by Crippen LogP contribution is 2.18. The Kier molecular flexibility index (Phi) is 1.94. The first kappa shape index (κ1) is 7.77. The zero-order valence-corrected chi connectivity index (χ0v) is 7.27. The first-order chi connectivity index (χ1) is 6.42. The second kappa shape index (κ2) is 3.25. The average Bonchev–Trinajstić information content (AvgIpc) is 2.70. The standard InChI is InChI=1S/C10H9N2O/c1-13-10-6-3-2-5-9(10)12-8-4-7-11-12/h2-5,7-8H,1H3/q+1. The van der Waals surface area contributed by atoms with Crippen LogP contribution in [0, 0.1) is 6.08 Å². The van der Waals surface area contributed by atoms with E-state index in [1.54, 1.807) is 18.0 Å². The monoisotopic (exact) mass is 173 g/mol. The highest BCUT2D eigenvalue weighted by atomic mass is 16.5. The Balaban J connectivity index is 2.39. The summed E-state index contributed by atoms with van der Waals surface area (Å²) < 4.78 is 6.90. The number of rotatable bonds is 2. The predicted molar refractivity (Wildman–Crippen MR) is 49.4 cm³/mol. The summed E-state index contributed by atoms with van der Waals surface area (Å²) in [6.45, 7) is 0. The number of hydrogen-bond donors (Lipinski definition) is 0. The van der Waals surface area contributed by atoms with Gasteiger partial charge in [-0.25, -0.2) is 0 Å². The van der Waals surface area contributed by atoms with Gasteiger partial charge in [0.05, 0.1) is 31.5 Å². The highest BCUT2D eigenvalue weighted by Gasteiger charge is 2.18. The van der Waals surface area contributed by atoms with E-state index in [0.717, 1.165) is 5.70 Å². The Hall–Kier alpha value is -1.86. The van der Waals surface area contributed by atoms with Gasteiger partial charge in [0.15, 0.2) is 0 Å². The molecule has 0 aliphatic heterocycles. The minimum Gasteiger partial charge on any atom is -0.467 e. The van der Waals surface area contributed by atoms with E-state index in [9.17, 15) is 0 Å². The fourth-order valence-electron chi connectivity index (χ4n) is 1.17. The van der Waals surface area contributed by atoms with Gasteiger partial charge in [-0.3, -0.25) is 0 Å². The van der Waals surface area contributed by atoms with E-state index in [4.69, 9.17) is 4.74 Å². The molecule has 0 aromatic carbocycles. The fraction of sp³-hybridized carbons (Fsp3) is 0.100. The van der Waals surface area contributed by atoms with E-state index < -0.39 is 0 Å². The fourth-order valence-corrected chi connectivity index (χ4v) is 1.17. The molecule has 0 spiro atoms. The minimum atomic E-state index is 0.700. The van der Waals surface area contributed by atoms with E-state index in [2.05, 4.69) is 11.2 Å². The van der Waals surface area contributed by atoms with Crippen molar-refractivity contribution in [2.24, 2.45) is 0 Å². The topological polar surface area (TPSA) is 27.1 Å². The molecular weight excluding hydrogens is 164 g/mol. The van der Waals surface area contributed by atoms with Crippen LogP contribution in [0.3, 0.4) is 0 Å². The third-order valence-electron chi connectivity index (χ3n) is 1.75. The molecule has 3 nitrogen and oxygen atoms in total. The summed E-state index contributed by atoms with van der Waals surface area (Å²) in [5.74, 6) is 0.700. The van der Waals surface area contributed by atoms with Crippen LogP contribution >= 0.6 is 0 Å². The lowest BCUT2D eigenvalue weighted by Crippen LogP contribution is -2.03. The molecule has 0 bridgehead atoms. The number of ether oxygens (including phenoxy) is 1. The molecule has 1 heterocycles. The van der Waals surface area contributed by atoms with Gasteiger partial charge in [0.2, 0.25) is 5.70 Å². The molecule has 1 aliphatic rings. The van der Waals surface area contributed by atoms with Gasteiger partial charge in [0.25, 0.3) is 0 Å². The van der Waals surface area contributed by atoms with Crippen molar-refractivity contribution in [2.45, 2.75) is 0 Å². The summed E-state index contributed by atoms with van der Waals surface area (Å²) in [7, 11) is 1.62. The van der Waals surface area contributed by atoms with E-state index in [-0.39, 0.29) is 0 Å². The van der Waals surface area contributed by atoms with Gasteiger partial charge in [0.1, 0.15) is 6.08 Å². The van der Waals surface area contributed by atoms with Gasteiger partial charge >= 0.3 is 5.76 Å². The molecule has 13 heavy (non-hydrogen) atoms. The van der Waals surface area contributed by atoms with Crippen LogP contribution in [0.5, 0.6) is 0 Å². The lowest BCUT2D eigenvalue weighted by Gasteiger charge is -2.02. The zero-order valence-electron chi connectivity index (χ0n) is 7.27. The molecule has 0 amide bonds. The first-order valence-corrected chi connectivity index (χ1v) is 3.96. The maximum Gasteiger partial charge on any atom is 0.316 e. The van der Waals surface area contributed by atoms with E-state index >= 15 is 0 Å². The van der Waals surface area contributed by atoms with Crippen LogP contribution in [0.1, 0.15) is 0 Å². The lowest BCUT2D eigenvalue weighted by atomic mass is 10.2. The molecule has 0 saturated heterocycles. The van der Waals surface area contributed by atoms with Crippen LogP contribution in [0.25, 0.3) is 5.70 Å². The summed E-state index contributed by atoms with van der Waals surface area (Å²) in [4.78, 5) is 0. The normalized spacial score (nSPS) is 14.5. The molecule has 3 heteroatoms. The van der Waals surface area contributed by atoms with Crippen molar-refractivity contribution in [3.63, 3.8) is 0 Å². The number of hydrogen-bond acceptors (Lipinski definition) is 2. The molecule has 64 valence electrons. The number of nitrogens with zero attached hydrogens (tertiary/aromatic N) is 2. The first-order valence-electron chi connectivity index (χ1n) is 3.96. The molecule has 0 fully saturated rings. The molecule has 0 atom stereocenters. The molecule has 1 aromatic heterocycles. The second-order valence-electron chi connectivity index (χ2n) is 2.54. The van der Waals surface area contributed by atoms with Gasteiger partial charge < -0.3 is 4.74 Å². The van der Waals surface area contributed by atoms with Crippen molar-refractivity contribution in [3.8, 4) is 0 Å². The van der Waals surface area contributed by atoms with Crippen molar-refractivity contribution in [3.05, 3.63) is 48.5 Å². The van der Waals surface area contributed by atoms with Crippen molar-refractivity contribution in [1.82, 2.24) is 9.78 Å². The van der Waals surface area contributed by atoms with Crippen LogP contribution in [-0.4, -0.2) is 16.9 Å². The lowest BCUT2D eigenvalue weighted by molar-refractivity contribution is 0.305. The SMILES string of the molecule is COC1=[C+]C=CC=C1n1cccn1. The van der Waals surface area contributed by atoms with Crippen LogP contribution < -0.4 is 0 Å². The van der Waals surface area contributed by atoms with Gasteiger partial charge in [-0.1, -0.05) is 0 Å². The quantitative estimate of drug-likeness (QED) is 0.635. The Morgan fingerprint density at radius 3 is 3.15 bits per heavy atom. The molecule has 0 radical (unpaired) electrons. The maximum absolute atomic E-state index is 5.15. The molecule has 1 aromatic rings. The van der Waals surface area contributed by atoms with Crippen LogP contribution in [-0.2, 0) is 4.74 Å². The summed E-state index contributed by atoms with van der Waals surface area (Å²) in [6, 6.07) is 1.87. The molecule has 2 rings (SSSR count). The van der Waals surface area contributed by atoms with Crippen LogP contribution in [0.15, 0.2) is 42.4 Å². The minimum absolute atomic E-state index is 0.700. The number of aromatic nitrogens is 2. The molecule has 0 N–H and O–H groups in total. The number of methoxy groups -OCH3 is 1. The van der Waals surface area contributed by atoms with Crippen LogP contribution in [0.4, 0.5) is 0 Å². The van der Waals surface area contributed by atoms with Gasteiger partial charge in [0, 0.05) is 6.20 Å². The Bertz CT molecular complexity index is 372. The van der Waals surface area contributed by atoms with Gasteiger partial charge in [-0.2, -0.15) is 9.78 Å². The smallest absolute Gasteiger partial charge is 0.316 e. The van der Waals surface area contributed by atoms with Crippen molar-refractivity contribution in [1.29, 1.82) is 0 Å². The maximum atomic E-state index is 5.15. The molecule has 1 aliphatic carbocycles. The second-order valence-corrected chi connectivity index (χ2v) is 2.54.